The minimum absolute atomic E-state index is 0.200. The molecule has 0 radical (unpaired) electrons. The molecule has 5 heteroatoms. The highest BCUT2D eigenvalue weighted by Crippen LogP contribution is 2.15. The summed E-state index contributed by atoms with van der Waals surface area (Å²) in [4.78, 5) is 11.8. The Morgan fingerprint density at radius 1 is 1.71 bits per heavy atom. The first-order valence-corrected chi connectivity index (χ1v) is 6.69. The van der Waals surface area contributed by atoms with Gasteiger partial charge >= 0.3 is 0 Å². The van der Waals surface area contributed by atoms with Gasteiger partial charge in [0.15, 0.2) is 0 Å². The second kappa shape index (κ2) is 6.14. The number of nitrogens with two attached hydrogens (primary N) is 1. The molecule has 1 aromatic rings. The fourth-order valence-corrected chi connectivity index (χ4v) is 2.31. The Labute approximate surface area is 106 Å². The van der Waals surface area contributed by atoms with Crippen LogP contribution in [0.5, 0.6) is 0 Å². The Morgan fingerprint density at radius 3 is 2.94 bits per heavy atom. The lowest BCUT2D eigenvalue weighted by atomic mass is 9.96. The van der Waals surface area contributed by atoms with Gasteiger partial charge in [0, 0.05) is 6.54 Å². The molecule has 0 saturated heterocycles. The molecule has 0 aliphatic rings. The van der Waals surface area contributed by atoms with Crippen LogP contribution in [0.15, 0.2) is 16.8 Å². The van der Waals surface area contributed by atoms with E-state index in [0.29, 0.717) is 6.42 Å². The highest BCUT2D eigenvalue weighted by Gasteiger charge is 2.27. The van der Waals surface area contributed by atoms with Crippen molar-refractivity contribution in [1.29, 1.82) is 0 Å². The SMILES string of the molecule is CCCC(C)(N)C(=O)NCC(O)c1ccsc1. The maximum Gasteiger partial charge on any atom is 0.239 e. The smallest absolute Gasteiger partial charge is 0.239 e. The van der Waals surface area contributed by atoms with Crippen LogP contribution in [0.1, 0.15) is 38.4 Å². The predicted octanol–water partition coefficient (Wildman–Crippen LogP) is 1.42. The Balaban J connectivity index is 2.43. The van der Waals surface area contributed by atoms with Crippen molar-refractivity contribution in [2.24, 2.45) is 5.73 Å². The molecule has 4 nitrogen and oxygen atoms in total. The van der Waals surface area contributed by atoms with Crippen molar-refractivity contribution in [3.05, 3.63) is 22.4 Å². The van der Waals surface area contributed by atoms with Crippen molar-refractivity contribution in [3.63, 3.8) is 0 Å². The van der Waals surface area contributed by atoms with E-state index >= 15 is 0 Å². The Kier molecular flexibility index (Phi) is 5.11. The van der Waals surface area contributed by atoms with Crippen LogP contribution >= 0.6 is 11.3 Å². The van der Waals surface area contributed by atoms with Crippen molar-refractivity contribution < 1.29 is 9.90 Å². The maximum atomic E-state index is 11.8. The third-order valence-corrected chi connectivity index (χ3v) is 3.37. The number of aliphatic hydroxyl groups is 1. The molecular weight excluding hydrogens is 236 g/mol. The lowest BCUT2D eigenvalue weighted by Gasteiger charge is -2.23. The number of hydrogen-bond acceptors (Lipinski definition) is 4. The average Bonchev–Trinajstić information content (AvgIpc) is 2.78. The second-order valence-corrected chi connectivity index (χ2v) is 5.23. The molecule has 4 N–H and O–H groups in total. The summed E-state index contributed by atoms with van der Waals surface area (Å²) in [6, 6.07) is 1.84. The molecule has 2 unspecified atom stereocenters. The zero-order valence-corrected chi connectivity index (χ0v) is 11.1. The van der Waals surface area contributed by atoms with Gasteiger partial charge in [-0.25, -0.2) is 0 Å². The predicted molar refractivity (Wildman–Crippen MR) is 69.8 cm³/mol. The van der Waals surface area contributed by atoms with Crippen LogP contribution in [0.3, 0.4) is 0 Å². The van der Waals surface area contributed by atoms with E-state index in [0.717, 1.165) is 12.0 Å². The minimum atomic E-state index is -0.858. The molecular formula is C12H20N2O2S. The van der Waals surface area contributed by atoms with Crippen LogP contribution in [0, 0.1) is 0 Å². The van der Waals surface area contributed by atoms with Crippen LogP contribution in [-0.4, -0.2) is 23.1 Å². The van der Waals surface area contributed by atoms with Crippen molar-refractivity contribution in [2.45, 2.75) is 38.3 Å². The summed E-state index contributed by atoms with van der Waals surface area (Å²) in [5.41, 5.74) is 5.85. The quantitative estimate of drug-likeness (QED) is 0.720. The molecule has 1 amide bonds. The third-order valence-electron chi connectivity index (χ3n) is 2.67. The largest absolute Gasteiger partial charge is 0.387 e. The van der Waals surface area contributed by atoms with E-state index in [9.17, 15) is 9.90 Å². The molecule has 2 atom stereocenters. The van der Waals surface area contributed by atoms with E-state index in [-0.39, 0.29) is 12.5 Å². The fraction of sp³-hybridized carbons (Fsp3) is 0.583. The van der Waals surface area contributed by atoms with E-state index in [4.69, 9.17) is 5.73 Å². The number of nitrogens with one attached hydrogen (secondary N) is 1. The molecule has 0 bridgehead atoms. The second-order valence-electron chi connectivity index (χ2n) is 4.45. The summed E-state index contributed by atoms with van der Waals surface area (Å²) < 4.78 is 0. The Hall–Kier alpha value is -0.910. The minimum Gasteiger partial charge on any atom is -0.387 e. The van der Waals surface area contributed by atoms with Gasteiger partial charge in [-0.15, -0.1) is 0 Å². The summed E-state index contributed by atoms with van der Waals surface area (Å²) in [7, 11) is 0. The summed E-state index contributed by atoms with van der Waals surface area (Å²) in [6.07, 6.45) is 0.823. The van der Waals surface area contributed by atoms with Crippen LogP contribution < -0.4 is 11.1 Å². The molecule has 1 heterocycles. The number of thiophene rings is 1. The molecule has 96 valence electrons. The first-order valence-electron chi connectivity index (χ1n) is 5.74. The lowest BCUT2D eigenvalue weighted by molar-refractivity contribution is -0.126. The molecule has 0 aliphatic carbocycles. The molecule has 1 aromatic heterocycles. The van der Waals surface area contributed by atoms with E-state index in [1.54, 1.807) is 6.92 Å². The zero-order valence-electron chi connectivity index (χ0n) is 10.3. The first-order chi connectivity index (χ1) is 7.97. The number of hydrogen-bond donors (Lipinski definition) is 3. The van der Waals surface area contributed by atoms with Gasteiger partial charge in [-0.3, -0.25) is 4.79 Å². The van der Waals surface area contributed by atoms with Gasteiger partial charge in [-0.05, 0) is 35.7 Å². The van der Waals surface area contributed by atoms with Gasteiger partial charge in [0.2, 0.25) is 5.91 Å². The Morgan fingerprint density at radius 2 is 2.41 bits per heavy atom. The maximum absolute atomic E-state index is 11.8. The van der Waals surface area contributed by atoms with Gasteiger partial charge in [-0.2, -0.15) is 11.3 Å². The van der Waals surface area contributed by atoms with Crippen molar-refractivity contribution >= 4 is 17.2 Å². The van der Waals surface area contributed by atoms with Gasteiger partial charge in [0.05, 0.1) is 11.6 Å². The molecule has 0 aliphatic heterocycles. The zero-order chi connectivity index (χ0) is 12.9. The van der Waals surface area contributed by atoms with E-state index in [1.165, 1.54) is 11.3 Å². The fourth-order valence-electron chi connectivity index (χ4n) is 1.61. The van der Waals surface area contributed by atoms with Gasteiger partial charge in [0.1, 0.15) is 0 Å². The molecule has 0 fully saturated rings. The van der Waals surface area contributed by atoms with Crippen LogP contribution in [0.4, 0.5) is 0 Å². The van der Waals surface area contributed by atoms with E-state index in [1.807, 2.05) is 23.8 Å². The number of carbonyl (C=O) groups is 1. The monoisotopic (exact) mass is 256 g/mol. The summed E-state index contributed by atoms with van der Waals surface area (Å²) in [6.45, 7) is 3.90. The summed E-state index contributed by atoms with van der Waals surface area (Å²) in [5.74, 6) is -0.214. The molecule has 0 saturated carbocycles. The molecule has 1 rings (SSSR count). The van der Waals surface area contributed by atoms with Crippen LogP contribution in [-0.2, 0) is 4.79 Å². The summed E-state index contributed by atoms with van der Waals surface area (Å²) in [5, 5.41) is 16.3. The average molecular weight is 256 g/mol. The van der Waals surface area contributed by atoms with Gasteiger partial charge in [0.25, 0.3) is 0 Å². The third kappa shape index (κ3) is 4.11. The van der Waals surface area contributed by atoms with Crippen LogP contribution in [0.2, 0.25) is 0 Å². The van der Waals surface area contributed by atoms with Gasteiger partial charge in [-0.1, -0.05) is 13.3 Å². The topological polar surface area (TPSA) is 75.4 Å². The number of amides is 1. The van der Waals surface area contributed by atoms with Crippen molar-refractivity contribution in [3.8, 4) is 0 Å². The molecule has 0 aromatic carbocycles. The van der Waals surface area contributed by atoms with Crippen LogP contribution in [0.25, 0.3) is 0 Å². The highest BCUT2D eigenvalue weighted by atomic mass is 32.1. The van der Waals surface area contributed by atoms with E-state index in [2.05, 4.69) is 5.32 Å². The van der Waals surface area contributed by atoms with E-state index < -0.39 is 11.6 Å². The van der Waals surface area contributed by atoms with Crippen molar-refractivity contribution in [1.82, 2.24) is 5.32 Å². The number of rotatable bonds is 6. The van der Waals surface area contributed by atoms with Crippen molar-refractivity contribution in [2.75, 3.05) is 6.54 Å². The number of aliphatic hydroxyl groups excluding tert-OH is 1. The normalized spacial score (nSPS) is 16.2. The Bertz CT molecular complexity index is 349. The number of carbonyl (C=O) groups excluding carboxylic acids is 1. The summed E-state index contributed by atoms with van der Waals surface area (Å²) >= 11 is 1.52. The molecule has 17 heavy (non-hydrogen) atoms. The van der Waals surface area contributed by atoms with Gasteiger partial charge < -0.3 is 16.2 Å². The first kappa shape index (κ1) is 14.2. The molecule has 0 spiro atoms. The highest BCUT2D eigenvalue weighted by molar-refractivity contribution is 7.07. The lowest BCUT2D eigenvalue weighted by Crippen LogP contribution is -2.52. The standard InChI is InChI=1S/C12H20N2O2S/c1-3-5-12(2,13)11(16)14-7-10(15)9-4-6-17-8-9/h4,6,8,10,15H,3,5,7,13H2,1-2H3,(H,14,16).